The lowest BCUT2D eigenvalue weighted by molar-refractivity contribution is 0.660. The van der Waals surface area contributed by atoms with Crippen LogP contribution in [0.1, 0.15) is 25.0 Å². The molecular weight excluding hydrogens is 739 g/mol. The average Bonchev–Trinajstić information content (AvgIpc) is 3.93. The number of fused-ring (bicyclic) bond motifs is 9. The standard InChI is InChI=1S/C54H35N3OS/c1-54(2)44-16-8-6-13-38(44)39-26-23-36(31-45(39)54)33-21-19-32(20-22-33)35-24-27-46-43(29-35)50-41(15-10-17-47(50)58-46)53-56-51(34-11-4-3-5-12-34)55-52(57-53)37-25-28-49-42(30-37)40-14-7-9-18-48(40)59-49/h3-31H,1-2H3. The van der Waals surface area contributed by atoms with Crippen LogP contribution >= 0.6 is 11.3 Å². The molecule has 0 spiro atoms. The van der Waals surface area contributed by atoms with E-state index < -0.39 is 0 Å². The Labute approximate surface area is 345 Å². The topological polar surface area (TPSA) is 51.8 Å². The molecule has 0 saturated carbocycles. The Balaban J connectivity index is 0.956. The van der Waals surface area contributed by atoms with Crippen LogP contribution in [0.3, 0.4) is 0 Å². The first-order chi connectivity index (χ1) is 29.0. The van der Waals surface area contributed by atoms with Crippen LogP contribution in [-0.4, -0.2) is 15.0 Å². The largest absolute Gasteiger partial charge is 0.456 e. The maximum atomic E-state index is 6.50. The fraction of sp³-hybridized carbons (Fsp3) is 0.0556. The molecule has 4 nitrogen and oxygen atoms in total. The SMILES string of the molecule is CC1(C)c2ccccc2-c2ccc(-c3ccc(-c4ccc5oc6cccc(-c7nc(-c8ccccc8)nc(-c8ccc9sc%10ccccc%10c9c8)n7)c6c5c4)cc3)cc21. The Morgan fingerprint density at radius 3 is 1.85 bits per heavy atom. The second-order valence-electron chi connectivity index (χ2n) is 16.0. The lowest BCUT2D eigenvalue weighted by Gasteiger charge is -2.22. The molecule has 0 aliphatic heterocycles. The van der Waals surface area contributed by atoms with Crippen molar-refractivity contribution in [1.82, 2.24) is 15.0 Å². The van der Waals surface area contributed by atoms with Gasteiger partial charge in [0.05, 0.1) is 0 Å². The summed E-state index contributed by atoms with van der Waals surface area (Å²) in [4.78, 5) is 15.4. The number of nitrogens with zero attached hydrogens (tertiary/aromatic N) is 3. The van der Waals surface area contributed by atoms with E-state index >= 15 is 0 Å². The maximum absolute atomic E-state index is 6.50. The molecule has 8 aromatic carbocycles. The molecule has 1 aliphatic carbocycles. The van der Waals surface area contributed by atoms with Gasteiger partial charge in [0.2, 0.25) is 0 Å². The van der Waals surface area contributed by atoms with Crippen molar-refractivity contribution in [2.75, 3.05) is 0 Å². The third kappa shape index (κ3) is 5.39. The van der Waals surface area contributed by atoms with E-state index in [0.29, 0.717) is 17.5 Å². The van der Waals surface area contributed by atoms with Crippen molar-refractivity contribution in [3.8, 4) is 67.5 Å². The number of hydrogen-bond donors (Lipinski definition) is 0. The average molecular weight is 774 g/mol. The van der Waals surface area contributed by atoms with Crippen molar-refractivity contribution < 1.29 is 4.42 Å². The van der Waals surface area contributed by atoms with Crippen molar-refractivity contribution in [1.29, 1.82) is 0 Å². The minimum absolute atomic E-state index is 0.0385. The van der Waals surface area contributed by atoms with Gasteiger partial charge in [-0.3, -0.25) is 0 Å². The van der Waals surface area contributed by atoms with Gasteiger partial charge in [-0.05, 0) is 93.0 Å². The summed E-state index contributed by atoms with van der Waals surface area (Å²) >= 11 is 1.81. The molecule has 12 rings (SSSR count). The van der Waals surface area contributed by atoms with Crippen LogP contribution in [0.5, 0.6) is 0 Å². The Morgan fingerprint density at radius 2 is 1.00 bits per heavy atom. The zero-order valence-electron chi connectivity index (χ0n) is 32.4. The second-order valence-corrected chi connectivity index (χ2v) is 17.1. The summed E-state index contributed by atoms with van der Waals surface area (Å²) in [6.07, 6.45) is 0. The Bertz CT molecular complexity index is 3470. The molecule has 0 saturated heterocycles. The lowest BCUT2D eigenvalue weighted by Crippen LogP contribution is -2.14. The number of thiophene rings is 1. The van der Waals surface area contributed by atoms with Crippen LogP contribution in [-0.2, 0) is 5.41 Å². The van der Waals surface area contributed by atoms with Gasteiger partial charge in [-0.2, -0.15) is 0 Å². The quantitative estimate of drug-likeness (QED) is 0.175. The highest BCUT2D eigenvalue weighted by Gasteiger charge is 2.35. The van der Waals surface area contributed by atoms with E-state index in [1.807, 2.05) is 42.5 Å². The van der Waals surface area contributed by atoms with Gasteiger partial charge in [-0.25, -0.2) is 15.0 Å². The smallest absolute Gasteiger partial charge is 0.164 e. The number of furan rings is 1. The molecule has 3 aromatic heterocycles. The minimum atomic E-state index is -0.0385. The number of aromatic nitrogens is 3. The summed E-state index contributed by atoms with van der Waals surface area (Å²) < 4.78 is 9.01. The van der Waals surface area contributed by atoms with Crippen LogP contribution in [0.15, 0.2) is 180 Å². The Hall–Kier alpha value is -7.21. The normalized spacial score (nSPS) is 13.1. The van der Waals surface area contributed by atoms with Gasteiger partial charge in [-0.1, -0.05) is 141 Å². The molecule has 3 heterocycles. The molecule has 0 radical (unpaired) electrons. The first-order valence-electron chi connectivity index (χ1n) is 20.0. The van der Waals surface area contributed by atoms with Gasteiger partial charge in [-0.15, -0.1) is 11.3 Å². The molecule has 11 aromatic rings. The van der Waals surface area contributed by atoms with Crippen molar-refractivity contribution in [2.24, 2.45) is 0 Å². The summed E-state index contributed by atoms with van der Waals surface area (Å²) in [5.74, 6) is 1.86. The van der Waals surface area contributed by atoms with Gasteiger partial charge in [0.1, 0.15) is 11.2 Å². The summed E-state index contributed by atoms with van der Waals surface area (Å²) in [6.45, 7) is 4.67. The van der Waals surface area contributed by atoms with Gasteiger partial charge in [0.15, 0.2) is 17.5 Å². The molecule has 0 unspecified atom stereocenters. The van der Waals surface area contributed by atoms with Crippen LogP contribution < -0.4 is 0 Å². The summed E-state index contributed by atoms with van der Waals surface area (Å²) in [6, 6.07) is 62.5. The van der Waals surface area contributed by atoms with Crippen LogP contribution in [0.25, 0.3) is 110 Å². The van der Waals surface area contributed by atoms with Crippen LogP contribution in [0, 0.1) is 0 Å². The zero-order valence-corrected chi connectivity index (χ0v) is 33.2. The lowest BCUT2D eigenvalue weighted by atomic mass is 9.81. The van der Waals surface area contributed by atoms with Gasteiger partial charge in [0, 0.05) is 53.1 Å². The minimum Gasteiger partial charge on any atom is -0.456 e. The molecule has 0 bridgehead atoms. The third-order valence-electron chi connectivity index (χ3n) is 12.2. The number of hydrogen-bond acceptors (Lipinski definition) is 5. The summed E-state index contributed by atoms with van der Waals surface area (Å²) in [5.41, 5.74) is 14.5. The fourth-order valence-corrected chi connectivity index (χ4v) is 10.2. The predicted molar refractivity (Wildman–Crippen MR) is 245 cm³/mol. The van der Waals surface area contributed by atoms with Gasteiger partial charge in [0.25, 0.3) is 0 Å². The highest BCUT2D eigenvalue weighted by molar-refractivity contribution is 7.25. The predicted octanol–water partition coefficient (Wildman–Crippen LogP) is 14.8. The molecule has 1 aliphatic rings. The van der Waals surface area contributed by atoms with Crippen molar-refractivity contribution >= 4 is 53.4 Å². The van der Waals surface area contributed by atoms with Crippen LogP contribution in [0.4, 0.5) is 0 Å². The van der Waals surface area contributed by atoms with Crippen LogP contribution in [0.2, 0.25) is 0 Å². The van der Waals surface area contributed by atoms with E-state index in [2.05, 4.69) is 147 Å². The zero-order chi connectivity index (χ0) is 39.2. The molecule has 0 N–H and O–H groups in total. The molecular formula is C54H35N3OS. The van der Waals surface area contributed by atoms with Crippen molar-refractivity contribution in [2.45, 2.75) is 19.3 Å². The van der Waals surface area contributed by atoms with Crippen molar-refractivity contribution in [3.63, 3.8) is 0 Å². The maximum Gasteiger partial charge on any atom is 0.164 e. The van der Waals surface area contributed by atoms with Gasteiger partial charge >= 0.3 is 0 Å². The van der Waals surface area contributed by atoms with Crippen molar-refractivity contribution in [3.05, 3.63) is 187 Å². The first kappa shape index (κ1) is 33.9. The molecule has 278 valence electrons. The molecule has 5 heteroatoms. The van der Waals surface area contributed by atoms with E-state index in [9.17, 15) is 0 Å². The fourth-order valence-electron chi connectivity index (χ4n) is 9.14. The number of rotatable bonds is 5. The molecule has 0 atom stereocenters. The summed E-state index contributed by atoms with van der Waals surface area (Å²) in [5, 5.41) is 4.45. The monoisotopic (exact) mass is 773 g/mol. The molecule has 59 heavy (non-hydrogen) atoms. The summed E-state index contributed by atoms with van der Waals surface area (Å²) in [7, 11) is 0. The Kier molecular flexibility index (Phi) is 7.41. The highest BCUT2D eigenvalue weighted by Crippen LogP contribution is 2.49. The third-order valence-corrected chi connectivity index (χ3v) is 13.3. The van der Waals surface area contributed by atoms with E-state index in [4.69, 9.17) is 19.4 Å². The number of benzene rings is 8. The molecule has 0 fully saturated rings. The van der Waals surface area contributed by atoms with E-state index in [0.717, 1.165) is 49.8 Å². The van der Waals surface area contributed by atoms with E-state index in [1.54, 1.807) is 11.3 Å². The second kappa shape index (κ2) is 12.9. The van der Waals surface area contributed by atoms with Gasteiger partial charge < -0.3 is 4.42 Å². The van der Waals surface area contributed by atoms with E-state index in [-0.39, 0.29) is 5.41 Å². The van der Waals surface area contributed by atoms with E-state index in [1.165, 1.54) is 53.6 Å². The Morgan fingerprint density at radius 1 is 0.390 bits per heavy atom. The highest BCUT2D eigenvalue weighted by atomic mass is 32.1. The molecule has 0 amide bonds. The first-order valence-corrected chi connectivity index (χ1v) is 20.8.